The minimum Gasteiger partial charge on any atom is -0.478 e. The van der Waals surface area contributed by atoms with Gasteiger partial charge in [0.1, 0.15) is 6.17 Å². The molecule has 6 heteroatoms. The van der Waals surface area contributed by atoms with Crippen molar-refractivity contribution in [2.24, 2.45) is 0 Å². The number of aromatic carboxylic acids is 1. The maximum atomic E-state index is 11.0. The molecule has 0 aliphatic carbocycles. The van der Waals surface area contributed by atoms with Crippen LogP contribution in [-0.2, 0) is 0 Å². The van der Waals surface area contributed by atoms with Gasteiger partial charge in [0, 0.05) is 22.4 Å². The first-order chi connectivity index (χ1) is 9.56. The van der Waals surface area contributed by atoms with E-state index in [1.54, 1.807) is 12.1 Å². The third kappa shape index (κ3) is 2.23. The van der Waals surface area contributed by atoms with Crippen LogP contribution in [0.4, 0.5) is 0 Å². The van der Waals surface area contributed by atoms with Gasteiger partial charge in [-0.3, -0.25) is 0 Å². The van der Waals surface area contributed by atoms with E-state index in [1.165, 1.54) is 6.07 Å². The van der Waals surface area contributed by atoms with Gasteiger partial charge in [-0.1, -0.05) is 17.7 Å². The molecule has 4 nitrogen and oxygen atoms in total. The molecular formula is C14H10BrClN2O2. The molecule has 0 saturated carbocycles. The Morgan fingerprint density at radius 1 is 1.45 bits per heavy atom. The second kappa shape index (κ2) is 5.00. The first kappa shape index (κ1) is 13.3. The maximum Gasteiger partial charge on any atom is 0.337 e. The Labute approximate surface area is 129 Å². The molecular weight excluding hydrogens is 344 g/mol. The van der Waals surface area contributed by atoms with Gasteiger partial charge in [0.05, 0.1) is 16.3 Å². The minimum absolute atomic E-state index is 0.0734. The number of hydrogen-bond acceptors (Lipinski definition) is 3. The Hall–Kier alpha value is -1.72. The summed E-state index contributed by atoms with van der Waals surface area (Å²) in [5.41, 5.74) is 1.91. The second-order valence-corrected chi connectivity index (χ2v) is 5.74. The highest BCUT2D eigenvalue weighted by Crippen LogP contribution is 2.32. The van der Waals surface area contributed by atoms with Gasteiger partial charge in [0.2, 0.25) is 0 Å². The van der Waals surface area contributed by atoms with Gasteiger partial charge in [0.15, 0.2) is 0 Å². The predicted molar refractivity (Wildman–Crippen MR) is 81.3 cm³/mol. The van der Waals surface area contributed by atoms with Crippen LogP contribution in [0.2, 0.25) is 5.02 Å². The van der Waals surface area contributed by atoms with E-state index in [0.29, 0.717) is 0 Å². The number of nitrogens with zero attached hydrogens (tertiary/aromatic N) is 1. The van der Waals surface area contributed by atoms with Crippen LogP contribution in [0.1, 0.15) is 15.9 Å². The summed E-state index contributed by atoms with van der Waals surface area (Å²) in [6.07, 6.45) is 7.94. The third-order valence-corrected chi connectivity index (χ3v) is 3.95. The predicted octanol–water partition coefficient (Wildman–Crippen LogP) is 3.37. The second-order valence-electron chi connectivity index (χ2n) is 4.42. The lowest BCUT2D eigenvalue weighted by molar-refractivity contribution is 0.0697. The lowest BCUT2D eigenvalue weighted by Crippen LogP contribution is -2.32. The van der Waals surface area contributed by atoms with E-state index >= 15 is 0 Å². The quantitative estimate of drug-likeness (QED) is 0.856. The number of benzene rings is 1. The summed E-state index contributed by atoms with van der Waals surface area (Å²) in [6.45, 7) is 0. The standard InChI is InChI=1S/C14H10BrClN2O2/c15-9-2-4-13-17-6-12(18(13)7-9)8-1-3-10(14(19)20)11(16)5-8/h1-7,13,17H,(H,19,20). The summed E-state index contributed by atoms with van der Waals surface area (Å²) in [5.74, 6) is -1.03. The van der Waals surface area contributed by atoms with Gasteiger partial charge < -0.3 is 15.3 Å². The largest absolute Gasteiger partial charge is 0.478 e. The number of hydrogen-bond donors (Lipinski definition) is 2. The number of halogens is 2. The number of allylic oxidation sites excluding steroid dienone is 2. The van der Waals surface area contributed by atoms with Crippen LogP contribution in [0, 0.1) is 0 Å². The summed E-state index contributed by atoms with van der Waals surface area (Å²) >= 11 is 9.46. The van der Waals surface area contributed by atoms with Crippen LogP contribution < -0.4 is 5.32 Å². The van der Waals surface area contributed by atoms with Gasteiger partial charge in [-0.05, 0) is 40.2 Å². The molecule has 1 unspecified atom stereocenters. The van der Waals surface area contributed by atoms with Gasteiger partial charge in [-0.15, -0.1) is 0 Å². The Morgan fingerprint density at radius 2 is 2.25 bits per heavy atom. The Balaban J connectivity index is 1.96. The van der Waals surface area contributed by atoms with E-state index in [0.717, 1.165) is 15.7 Å². The molecule has 2 N–H and O–H groups in total. The Bertz CT molecular complexity index is 682. The van der Waals surface area contributed by atoms with E-state index in [-0.39, 0.29) is 16.8 Å². The maximum absolute atomic E-state index is 11.0. The summed E-state index contributed by atoms with van der Waals surface area (Å²) < 4.78 is 0.969. The number of rotatable bonds is 2. The fourth-order valence-corrected chi connectivity index (χ4v) is 2.84. The molecule has 1 aromatic carbocycles. The molecule has 0 spiro atoms. The summed E-state index contributed by atoms with van der Waals surface area (Å²) in [6, 6.07) is 4.94. The number of carboxylic acid groups (broad SMARTS) is 1. The number of nitrogens with one attached hydrogen (secondary N) is 1. The lowest BCUT2D eigenvalue weighted by atomic mass is 10.1. The van der Waals surface area contributed by atoms with Crippen molar-refractivity contribution in [3.8, 4) is 0 Å². The minimum atomic E-state index is -1.03. The molecule has 102 valence electrons. The summed E-state index contributed by atoms with van der Waals surface area (Å²) in [7, 11) is 0. The Morgan fingerprint density at radius 3 is 2.95 bits per heavy atom. The molecule has 0 bridgehead atoms. The van der Waals surface area contributed by atoms with Crippen molar-refractivity contribution >= 4 is 39.2 Å². The zero-order valence-electron chi connectivity index (χ0n) is 10.2. The van der Waals surface area contributed by atoms with E-state index in [2.05, 4.69) is 26.1 Å². The number of carboxylic acids is 1. The molecule has 0 radical (unpaired) electrons. The molecule has 20 heavy (non-hydrogen) atoms. The molecule has 2 aliphatic heterocycles. The van der Waals surface area contributed by atoms with Crippen molar-refractivity contribution in [2.45, 2.75) is 6.17 Å². The van der Waals surface area contributed by atoms with Gasteiger partial charge in [0.25, 0.3) is 0 Å². The van der Waals surface area contributed by atoms with Gasteiger partial charge >= 0.3 is 5.97 Å². The van der Waals surface area contributed by atoms with Crippen molar-refractivity contribution in [3.63, 3.8) is 0 Å². The van der Waals surface area contributed by atoms with Crippen molar-refractivity contribution in [3.05, 3.63) is 63.4 Å². The topological polar surface area (TPSA) is 52.6 Å². The average Bonchev–Trinajstić information content (AvgIpc) is 2.81. The van der Waals surface area contributed by atoms with Crippen molar-refractivity contribution < 1.29 is 9.90 Å². The number of fused-ring (bicyclic) bond motifs is 1. The SMILES string of the molecule is O=C(O)c1ccc(C2=CNC3C=CC(Br)=CN23)cc1Cl. The zero-order chi connectivity index (χ0) is 14.3. The van der Waals surface area contributed by atoms with Crippen LogP contribution in [0.5, 0.6) is 0 Å². The highest BCUT2D eigenvalue weighted by atomic mass is 79.9. The fourth-order valence-electron chi connectivity index (χ4n) is 2.21. The monoisotopic (exact) mass is 352 g/mol. The molecule has 0 fully saturated rings. The zero-order valence-corrected chi connectivity index (χ0v) is 12.5. The van der Waals surface area contributed by atoms with Crippen LogP contribution in [0.25, 0.3) is 5.70 Å². The molecule has 0 amide bonds. The van der Waals surface area contributed by atoms with E-state index in [9.17, 15) is 4.79 Å². The molecule has 3 rings (SSSR count). The Kier molecular flexibility index (Phi) is 3.31. The lowest BCUT2D eigenvalue weighted by Gasteiger charge is -2.26. The summed E-state index contributed by atoms with van der Waals surface area (Å²) in [4.78, 5) is 13.0. The van der Waals surface area contributed by atoms with E-state index in [4.69, 9.17) is 16.7 Å². The van der Waals surface area contributed by atoms with Gasteiger partial charge in [-0.2, -0.15) is 0 Å². The van der Waals surface area contributed by atoms with Crippen LogP contribution in [-0.4, -0.2) is 22.1 Å². The smallest absolute Gasteiger partial charge is 0.337 e. The van der Waals surface area contributed by atoms with Crippen LogP contribution in [0.15, 0.2) is 47.2 Å². The van der Waals surface area contributed by atoms with Crippen molar-refractivity contribution in [2.75, 3.05) is 0 Å². The summed E-state index contributed by atoms with van der Waals surface area (Å²) in [5, 5.41) is 12.5. The van der Waals surface area contributed by atoms with Crippen LogP contribution in [0.3, 0.4) is 0 Å². The molecule has 2 aliphatic rings. The molecule has 1 atom stereocenters. The molecule has 0 saturated heterocycles. The van der Waals surface area contributed by atoms with Crippen LogP contribution >= 0.6 is 27.5 Å². The highest BCUT2D eigenvalue weighted by Gasteiger charge is 2.26. The van der Waals surface area contributed by atoms with Gasteiger partial charge in [-0.25, -0.2) is 4.79 Å². The first-order valence-corrected chi connectivity index (χ1v) is 7.06. The average molecular weight is 354 g/mol. The first-order valence-electron chi connectivity index (χ1n) is 5.89. The number of carbonyl (C=O) groups is 1. The van der Waals surface area contributed by atoms with E-state index < -0.39 is 5.97 Å². The molecule has 1 aromatic rings. The third-order valence-electron chi connectivity index (χ3n) is 3.16. The van der Waals surface area contributed by atoms with Crippen molar-refractivity contribution in [1.82, 2.24) is 10.2 Å². The highest BCUT2D eigenvalue weighted by molar-refractivity contribution is 9.11. The van der Waals surface area contributed by atoms with Crippen molar-refractivity contribution in [1.29, 1.82) is 0 Å². The normalized spacial score (nSPS) is 20.1. The molecule has 0 aromatic heterocycles. The van der Waals surface area contributed by atoms with E-state index in [1.807, 2.05) is 24.6 Å². The molecule has 2 heterocycles. The fraction of sp³-hybridized carbons (Fsp3) is 0.0714.